The van der Waals surface area contributed by atoms with Gasteiger partial charge in [-0.1, -0.05) is 0 Å². The van der Waals surface area contributed by atoms with Crippen LogP contribution in [0.4, 0.5) is 0 Å². The molecule has 2 heteroatoms. The molecule has 0 bridgehead atoms. The molecule has 1 rings (SSSR count). The third-order valence-electron chi connectivity index (χ3n) is 2.42. The van der Waals surface area contributed by atoms with Gasteiger partial charge >= 0.3 is 82.8 Å². The summed E-state index contributed by atoms with van der Waals surface area (Å²) in [5, 5.41) is 0. The van der Waals surface area contributed by atoms with Crippen molar-refractivity contribution in [3.8, 4) is 0 Å². The standard InChI is InChI=1S/C6H5.C3H7.CH3.ClH.Sn/c1-2-4-6-5-3-1;1-3-2;;;/h1-5H;3H,1-2H3;1H3;1H;/q;;;;+1/p-1. The Labute approximate surface area is 82.5 Å². The Kier molecular flexibility index (Phi) is 3.47. The monoisotopic (exact) mass is 290 g/mol. The van der Waals surface area contributed by atoms with Gasteiger partial charge in [-0.15, -0.1) is 0 Å². The van der Waals surface area contributed by atoms with Crippen molar-refractivity contribution in [2.75, 3.05) is 0 Å². The summed E-state index contributed by atoms with van der Waals surface area (Å²) in [6.07, 6.45) is 0. The van der Waals surface area contributed by atoms with Crippen LogP contribution >= 0.6 is 8.92 Å². The van der Waals surface area contributed by atoms with Crippen molar-refractivity contribution in [2.45, 2.75) is 22.7 Å². The summed E-state index contributed by atoms with van der Waals surface area (Å²) >= 11 is -2.43. The van der Waals surface area contributed by atoms with Crippen molar-refractivity contribution < 1.29 is 0 Å². The maximum absolute atomic E-state index is 6.61. The van der Waals surface area contributed by atoms with E-state index in [1.165, 1.54) is 3.58 Å². The van der Waals surface area contributed by atoms with Crippen molar-refractivity contribution in [3.63, 3.8) is 0 Å². The van der Waals surface area contributed by atoms with Crippen LogP contribution in [-0.4, -0.2) is 17.3 Å². The molecule has 0 saturated carbocycles. The van der Waals surface area contributed by atoms with Crippen LogP contribution in [0, 0.1) is 0 Å². The summed E-state index contributed by atoms with van der Waals surface area (Å²) in [6, 6.07) is 10.5. The van der Waals surface area contributed by atoms with Gasteiger partial charge in [-0.2, -0.15) is 0 Å². The number of hydrogen-bond donors (Lipinski definition) is 0. The van der Waals surface area contributed by atoms with Crippen LogP contribution < -0.4 is 3.58 Å². The second-order valence-corrected chi connectivity index (χ2v) is 19.9. The number of halogens is 1. The molecule has 0 radical (unpaired) electrons. The topological polar surface area (TPSA) is 0 Å². The Morgan fingerprint density at radius 2 is 1.67 bits per heavy atom. The van der Waals surface area contributed by atoms with E-state index >= 15 is 0 Å². The Morgan fingerprint density at radius 1 is 1.17 bits per heavy atom. The van der Waals surface area contributed by atoms with Gasteiger partial charge in [0.05, 0.1) is 0 Å². The van der Waals surface area contributed by atoms with Gasteiger partial charge < -0.3 is 0 Å². The Morgan fingerprint density at radius 3 is 2.08 bits per heavy atom. The van der Waals surface area contributed by atoms with Crippen molar-refractivity contribution in [3.05, 3.63) is 30.3 Å². The number of rotatable bonds is 2. The van der Waals surface area contributed by atoms with Gasteiger partial charge in [0, 0.05) is 0 Å². The van der Waals surface area contributed by atoms with Crippen LogP contribution in [0.2, 0.25) is 8.87 Å². The summed E-state index contributed by atoms with van der Waals surface area (Å²) in [6.45, 7) is 4.46. The molecule has 1 aromatic carbocycles. The zero-order valence-corrected chi connectivity index (χ0v) is 11.5. The Balaban J connectivity index is 2.98. The zero-order chi connectivity index (χ0) is 9.19. The molecule has 0 saturated heterocycles. The summed E-state index contributed by atoms with van der Waals surface area (Å²) in [5.74, 6) is 0. The molecule has 0 fully saturated rings. The number of hydrogen-bond acceptors (Lipinski definition) is 0. The molecule has 1 aromatic rings. The van der Waals surface area contributed by atoms with E-state index < -0.39 is 17.3 Å². The molecule has 1 atom stereocenters. The van der Waals surface area contributed by atoms with E-state index in [1.54, 1.807) is 0 Å². The summed E-state index contributed by atoms with van der Waals surface area (Å²) in [7, 11) is 6.61. The molecule has 0 aliphatic carbocycles. The van der Waals surface area contributed by atoms with Crippen LogP contribution in [0.1, 0.15) is 13.8 Å². The molecule has 0 aliphatic heterocycles. The van der Waals surface area contributed by atoms with Gasteiger partial charge in [0.1, 0.15) is 0 Å². The molecule has 0 N–H and O–H groups in total. The first-order valence-electron chi connectivity index (χ1n) is 4.29. The van der Waals surface area contributed by atoms with Crippen molar-refractivity contribution >= 4 is 29.8 Å². The van der Waals surface area contributed by atoms with Crippen LogP contribution in [0.3, 0.4) is 0 Å². The quantitative estimate of drug-likeness (QED) is 0.734. The minimum atomic E-state index is -2.43. The first kappa shape index (κ1) is 10.4. The van der Waals surface area contributed by atoms with Crippen molar-refractivity contribution in [2.24, 2.45) is 0 Å². The van der Waals surface area contributed by atoms with Gasteiger partial charge in [0.15, 0.2) is 0 Å². The molecule has 0 aromatic heterocycles. The molecule has 12 heavy (non-hydrogen) atoms. The van der Waals surface area contributed by atoms with E-state index in [-0.39, 0.29) is 0 Å². The normalized spacial score (nSPS) is 16.1. The van der Waals surface area contributed by atoms with Gasteiger partial charge in [-0.3, -0.25) is 0 Å². The average Bonchev–Trinajstić information content (AvgIpc) is 2.06. The Hall–Kier alpha value is 0.309. The minimum absolute atomic E-state index is 0.656. The zero-order valence-electron chi connectivity index (χ0n) is 7.84. The fourth-order valence-electron chi connectivity index (χ4n) is 1.10. The summed E-state index contributed by atoms with van der Waals surface area (Å²) < 4.78 is 2.06. The van der Waals surface area contributed by atoms with Gasteiger partial charge in [-0.05, 0) is 0 Å². The summed E-state index contributed by atoms with van der Waals surface area (Å²) in [5.41, 5.74) is 0. The predicted octanol–water partition coefficient (Wildman–Crippen LogP) is 3.12. The van der Waals surface area contributed by atoms with E-state index in [1.807, 2.05) is 6.07 Å². The van der Waals surface area contributed by atoms with Crippen LogP contribution in [-0.2, 0) is 0 Å². The fraction of sp³-hybridized carbons (Fsp3) is 0.400. The maximum atomic E-state index is 6.61. The Bertz CT molecular complexity index is 241. The molecule has 0 nitrogen and oxygen atoms in total. The SMILES string of the molecule is C[CH](C)[Sn]([CH3])([Cl])[c]1ccccc1. The molecular weight excluding hydrogens is 274 g/mol. The van der Waals surface area contributed by atoms with Crippen LogP contribution in [0.15, 0.2) is 30.3 Å². The first-order valence-corrected chi connectivity index (χ1v) is 13.8. The fourth-order valence-corrected chi connectivity index (χ4v) is 6.25. The van der Waals surface area contributed by atoms with Gasteiger partial charge in [0.25, 0.3) is 0 Å². The second-order valence-electron chi connectivity index (χ2n) is 3.60. The third-order valence-corrected chi connectivity index (χ3v) is 17.2. The molecule has 66 valence electrons. The predicted molar refractivity (Wildman–Crippen MR) is 58.6 cm³/mol. The van der Waals surface area contributed by atoms with E-state index in [2.05, 4.69) is 43.1 Å². The molecule has 0 aliphatic rings. The molecule has 0 amide bonds. The molecule has 1 unspecified atom stereocenters. The van der Waals surface area contributed by atoms with Crippen LogP contribution in [0.25, 0.3) is 0 Å². The summed E-state index contributed by atoms with van der Waals surface area (Å²) in [4.78, 5) is 2.27. The van der Waals surface area contributed by atoms with Gasteiger partial charge in [0.2, 0.25) is 0 Å². The molecule has 0 spiro atoms. The van der Waals surface area contributed by atoms with Crippen molar-refractivity contribution in [1.29, 1.82) is 0 Å². The first-order chi connectivity index (χ1) is 5.55. The average molecular weight is 289 g/mol. The number of benzene rings is 1. The van der Waals surface area contributed by atoms with E-state index in [4.69, 9.17) is 8.92 Å². The third kappa shape index (κ3) is 2.17. The second kappa shape index (κ2) is 4.01. The van der Waals surface area contributed by atoms with Crippen molar-refractivity contribution in [1.82, 2.24) is 0 Å². The molecule has 0 heterocycles. The van der Waals surface area contributed by atoms with E-state index in [0.29, 0.717) is 3.93 Å². The molecular formula is C10H15ClSn. The van der Waals surface area contributed by atoms with Crippen LogP contribution in [0.5, 0.6) is 0 Å². The van der Waals surface area contributed by atoms with E-state index in [0.717, 1.165) is 0 Å². The van der Waals surface area contributed by atoms with Gasteiger partial charge in [-0.25, -0.2) is 0 Å². The van der Waals surface area contributed by atoms with E-state index in [9.17, 15) is 0 Å².